The number of nitrogens with one attached hydrogen (secondary N) is 1. The summed E-state index contributed by atoms with van der Waals surface area (Å²) in [6, 6.07) is 17.3. The van der Waals surface area contributed by atoms with Gasteiger partial charge in [0.1, 0.15) is 5.75 Å². The maximum Gasteiger partial charge on any atom is 0.138 e. The number of anilines is 1. The van der Waals surface area contributed by atoms with Crippen molar-refractivity contribution in [1.82, 2.24) is 0 Å². The zero-order chi connectivity index (χ0) is 11.9. The molecule has 0 saturated heterocycles. The maximum absolute atomic E-state index is 9.54. The lowest BCUT2D eigenvalue weighted by Gasteiger charge is -2.04. The van der Waals surface area contributed by atoms with E-state index in [1.807, 2.05) is 42.5 Å². The van der Waals surface area contributed by atoms with Gasteiger partial charge >= 0.3 is 0 Å². The van der Waals surface area contributed by atoms with Gasteiger partial charge in [-0.05, 0) is 17.7 Å². The zero-order valence-corrected chi connectivity index (χ0v) is 9.51. The predicted octanol–water partition coefficient (Wildman–Crippen LogP) is 3.52. The van der Waals surface area contributed by atoms with Gasteiger partial charge in [-0.25, -0.2) is 0 Å². The van der Waals surface area contributed by atoms with Crippen LogP contribution in [0.2, 0.25) is 0 Å². The molecular weight excluding hydrogens is 210 g/mol. The third-order valence-electron chi connectivity index (χ3n) is 2.42. The molecule has 17 heavy (non-hydrogen) atoms. The highest BCUT2D eigenvalue weighted by Gasteiger charge is 1.95. The molecule has 0 radical (unpaired) electrons. The largest absolute Gasteiger partial charge is 0.506 e. The average molecular weight is 225 g/mol. The fourth-order valence-electron chi connectivity index (χ4n) is 1.55. The van der Waals surface area contributed by atoms with E-state index in [9.17, 15) is 5.11 Å². The van der Waals surface area contributed by atoms with Crippen molar-refractivity contribution in [1.29, 1.82) is 0 Å². The summed E-state index contributed by atoms with van der Waals surface area (Å²) in [7, 11) is 0. The van der Waals surface area contributed by atoms with Gasteiger partial charge in [0.25, 0.3) is 0 Å². The highest BCUT2D eigenvalue weighted by atomic mass is 16.3. The van der Waals surface area contributed by atoms with Crippen LogP contribution in [0.15, 0.2) is 60.7 Å². The van der Waals surface area contributed by atoms with Gasteiger partial charge in [-0.2, -0.15) is 0 Å². The number of hydrogen-bond donors (Lipinski definition) is 2. The third-order valence-corrected chi connectivity index (χ3v) is 2.42. The molecule has 0 saturated carbocycles. The van der Waals surface area contributed by atoms with Crippen LogP contribution in [0, 0.1) is 0 Å². The van der Waals surface area contributed by atoms with Crippen molar-refractivity contribution in [2.45, 2.75) is 0 Å². The molecule has 0 aliphatic carbocycles. The Morgan fingerprint density at radius 1 is 0.941 bits per heavy atom. The minimum Gasteiger partial charge on any atom is -0.506 e. The van der Waals surface area contributed by atoms with Crippen molar-refractivity contribution in [3.05, 3.63) is 66.2 Å². The fourth-order valence-corrected chi connectivity index (χ4v) is 1.55. The van der Waals surface area contributed by atoms with Crippen LogP contribution >= 0.6 is 0 Å². The Morgan fingerprint density at radius 2 is 1.65 bits per heavy atom. The average Bonchev–Trinajstić information content (AvgIpc) is 2.38. The molecular formula is C15H15NO. The molecule has 2 aromatic carbocycles. The van der Waals surface area contributed by atoms with Crippen LogP contribution in [0.4, 0.5) is 5.69 Å². The van der Waals surface area contributed by atoms with E-state index in [-0.39, 0.29) is 5.75 Å². The number of benzene rings is 2. The minimum atomic E-state index is 0.278. The smallest absolute Gasteiger partial charge is 0.138 e. The molecule has 0 bridgehead atoms. The molecule has 0 aromatic heterocycles. The molecule has 86 valence electrons. The van der Waals surface area contributed by atoms with Crippen molar-refractivity contribution in [3.8, 4) is 5.75 Å². The van der Waals surface area contributed by atoms with Gasteiger partial charge in [0.05, 0.1) is 5.69 Å². The lowest BCUT2D eigenvalue weighted by atomic mass is 10.2. The van der Waals surface area contributed by atoms with Crippen molar-refractivity contribution in [3.63, 3.8) is 0 Å². The predicted molar refractivity (Wildman–Crippen MR) is 72.1 cm³/mol. The second kappa shape index (κ2) is 5.75. The molecule has 2 rings (SSSR count). The molecule has 0 aliphatic rings. The third kappa shape index (κ3) is 3.38. The standard InChI is InChI=1S/C15H15NO/c17-15-11-5-4-10-14(15)16-12-6-9-13-7-2-1-3-8-13/h1-11,16-17H,12H2/b9-6+. The summed E-state index contributed by atoms with van der Waals surface area (Å²) in [5.74, 6) is 0.278. The first-order chi connectivity index (χ1) is 8.36. The number of hydrogen-bond acceptors (Lipinski definition) is 2. The summed E-state index contributed by atoms with van der Waals surface area (Å²) >= 11 is 0. The number of para-hydroxylation sites is 2. The van der Waals surface area contributed by atoms with Gasteiger partial charge < -0.3 is 10.4 Å². The van der Waals surface area contributed by atoms with Gasteiger partial charge in [0.15, 0.2) is 0 Å². The molecule has 0 unspecified atom stereocenters. The summed E-state index contributed by atoms with van der Waals surface area (Å²) in [6.07, 6.45) is 4.08. The lowest BCUT2D eigenvalue weighted by molar-refractivity contribution is 0.477. The van der Waals surface area contributed by atoms with Crippen LogP contribution in [0.1, 0.15) is 5.56 Å². The van der Waals surface area contributed by atoms with Crippen LogP contribution in [-0.4, -0.2) is 11.7 Å². The summed E-state index contributed by atoms with van der Waals surface area (Å²) in [6.45, 7) is 0.687. The van der Waals surface area contributed by atoms with Crippen LogP contribution in [-0.2, 0) is 0 Å². The van der Waals surface area contributed by atoms with Gasteiger partial charge in [-0.15, -0.1) is 0 Å². The molecule has 0 fully saturated rings. The van der Waals surface area contributed by atoms with E-state index in [2.05, 4.69) is 17.4 Å². The quantitative estimate of drug-likeness (QED) is 0.780. The van der Waals surface area contributed by atoms with Gasteiger partial charge in [-0.1, -0.05) is 54.6 Å². The molecule has 2 heteroatoms. The Kier molecular flexibility index (Phi) is 3.81. The van der Waals surface area contributed by atoms with Gasteiger partial charge in [-0.3, -0.25) is 0 Å². The van der Waals surface area contributed by atoms with Gasteiger partial charge in [0.2, 0.25) is 0 Å². The monoisotopic (exact) mass is 225 g/mol. The van der Waals surface area contributed by atoms with Crippen LogP contribution in [0.5, 0.6) is 5.75 Å². The summed E-state index contributed by atoms with van der Waals surface area (Å²) in [5, 5.41) is 12.7. The molecule has 2 aromatic rings. The Bertz CT molecular complexity index is 491. The van der Waals surface area contributed by atoms with Crippen molar-refractivity contribution in [2.75, 3.05) is 11.9 Å². The number of aromatic hydroxyl groups is 1. The second-order valence-corrected chi connectivity index (χ2v) is 3.71. The molecule has 0 aliphatic heterocycles. The van der Waals surface area contributed by atoms with Crippen LogP contribution in [0.3, 0.4) is 0 Å². The Labute approximate surface area is 101 Å². The van der Waals surface area contributed by atoms with Gasteiger partial charge in [0, 0.05) is 6.54 Å². The number of phenolic OH excluding ortho intramolecular Hbond substituents is 1. The molecule has 0 amide bonds. The summed E-state index contributed by atoms with van der Waals surface area (Å²) < 4.78 is 0. The van der Waals surface area contributed by atoms with Crippen LogP contribution < -0.4 is 5.32 Å². The van der Waals surface area contributed by atoms with E-state index in [0.717, 1.165) is 5.69 Å². The normalized spacial score (nSPS) is 10.6. The van der Waals surface area contributed by atoms with Crippen molar-refractivity contribution in [2.24, 2.45) is 0 Å². The molecule has 2 nitrogen and oxygen atoms in total. The van der Waals surface area contributed by atoms with Crippen molar-refractivity contribution >= 4 is 11.8 Å². The SMILES string of the molecule is Oc1ccccc1NC/C=C/c1ccccc1. The highest BCUT2D eigenvalue weighted by Crippen LogP contribution is 2.20. The first-order valence-electron chi connectivity index (χ1n) is 5.60. The number of rotatable bonds is 4. The first-order valence-corrected chi connectivity index (χ1v) is 5.60. The molecule has 0 spiro atoms. The topological polar surface area (TPSA) is 32.3 Å². The Morgan fingerprint density at radius 3 is 2.41 bits per heavy atom. The summed E-state index contributed by atoms with van der Waals surface area (Å²) in [5.41, 5.74) is 1.93. The first kappa shape index (κ1) is 11.3. The summed E-state index contributed by atoms with van der Waals surface area (Å²) in [4.78, 5) is 0. The van der Waals surface area contributed by atoms with E-state index in [1.165, 1.54) is 5.56 Å². The fraction of sp³-hybridized carbons (Fsp3) is 0.0667. The molecule has 2 N–H and O–H groups in total. The van der Waals surface area contributed by atoms with E-state index in [0.29, 0.717) is 6.54 Å². The van der Waals surface area contributed by atoms with E-state index in [4.69, 9.17) is 0 Å². The molecule has 0 atom stereocenters. The van der Waals surface area contributed by atoms with Crippen molar-refractivity contribution < 1.29 is 5.11 Å². The zero-order valence-electron chi connectivity index (χ0n) is 9.51. The number of phenols is 1. The van der Waals surface area contributed by atoms with E-state index >= 15 is 0 Å². The lowest BCUT2D eigenvalue weighted by Crippen LogP contribution is -1.97. The Hall–Kier alpha value is -2.22. The molecule has 0 heterocycles. The maximum atomic E-state index is 9.54. The van der Waals surface area contributed by atoms with E-state index < -0.39 is 0 Å². The minimum absolute atomic E-state index is 0.278. The highest BCUT2D eigenvalue weighted by molar-refractivity contribution is 5.56. The van der Waals surface area contributed by atoms with E-state index in [1.54, 1.807) is 12.1 Å². The Balaban J connectivity index is 1.88. The van der Waals surface area contributed by atoms with Crippen LogP contribution in [0.25, 0.3) is 6.08 Å². The second-order valence-electron chi connectivity index (χ2n) is 3.71.